The van der Waals surface area contributed by atoms with E-state index >= 15 is 0 Å². The number of halogens is 1. The molecule has 4 nitrogen and oxygen atoms in total. The summed E-state index contributed by atoms with van der Waals surface area (Å²) in [6.45, 7) is 6.69. The molecule has 3 rings (SSSR count). The number of carbonyl (C=O) groups excluding carboxylic acids is 1. The molecule has 5 heteroatoms. The lowest BCUT2D eigenvalue weighted by atomic mass is 9.96. The van der Waals surface area contributed by atoms with Crippen LogP contribution < -0.4 is 5.32 Å². The Morgan fingerprint density at radius 3 is 2.38 bits per heavy atom. The van der Waals surface area contributed by atoms with E-state index in [0.717, 1.165) is 31.5 Å². The molecule has 1 aromatic rings. The molecule has 0 spiro atoms. The van der Waals surface area contributed by atoms with Crippen molar-refractivity contribution in [3.05, 3.63) is 35.6 Å². The number of nitrogens with zero attached hydrogens (tertiary/aromatic N) is 2. The van der Waals surface area contributed by atoms with Crippen LogP contribution in [-0.2, 0) is 4.79 Å². The zero-order valence-electron chi connectivity index (χ0n) is 14.8. The summed E-state index contributed by atoms with van der Waals surface area (Å²) < 4.78 is 13.2. The highest BCUT2D eigenvalue weighted by atomic mass is 19.1. The van der Waals surface area contributed by atoms with Gasteiger partial charge in [-0.15, -0.1) is 0 Å². The van der Waals surface area contributed by atoms with Crippen molar-refractivity contribution < 1.29 is 9.18 Å². The van der Waals surface area contributed by atoms with Crippen LogP contribution >= 0.6 is 0 Å². The van der Waals surface area contributed by atoms with Gasteiger partial charge in [0.25, 0.3) is 0 Å². The average Bonchev–Trinajstić information content (AvgIpc) is 2.83. The van der Waals surface area contributed by atoms with Gasteiger partial charge in [0.15, 0.2) is 0 Å². The maximum absolute atomic E-state index is 13.2. The molecule has 1 amide bonds. The maximum Gasteiger partial charge on any atom is 0.224 e. The lowest BCUT2D eigenvalue weighted by Crippen LogP contribution is -2.49. The van der Waals surface area contributed by atoms with E-state index in [1.54, 1.807) is 17.0 Å². The van der Waals surface area contributed by atoms with Gasteiger partial charge in [0, 0.05) is 31.6 Å². The molecule has 2 fully saturated rings. The number of likely N-dealkylation sites (tertiary alicyclic amines) is 2. The number of hydrogen-bond acceptors (Lipinski definition) is 3. The number of nitrogens with one attached hydrogen (secondary N) is 1. The highest BCUT2D eigenvalue weighted by Crippen LogP contribution is 2.33. The monoisotopic (exact) mass is 333 g/mol. The minimum atomic E-state index is -0.240. The molecular formula is C19H28FN3O. The molecule has 2 atom stereocenters. The van der Waals surface area contributed by atoms with Gasteiger partial charge in [0.05, 0.1) is 6.04 Å². The van der Waals surface area contributed by atoms with Gasteiger partial charge in [0.1, 0.15) is 5.82 Å². The van der Waals surface area contributed by atoms with Crippen molar-refractivity contribution in [3.63, 3.8) is 0 Å². The van der Waals surface area contributed by atoms with E-state index in [0.29, 0.717) is 18.5 Å². The first kappa shape index (κ1) is 17.4. The second kappa shape index (κ2) is 7.19. The number of piperidine rings is 1. The summed E-state index contributed by atoms with van der Waals surface area (Å²) in [5.41, 5.74) is 1.00. The van der Waals surface area contributed by atoms with E-state index in [-0.39, 0.29) is 23.8 Å². The van der Waals surface area contributed by atoms with E-state index in [4.69, 9.17) is 0 Å². The summed E-state index contributed by atoms with van der Waals surface area (Å²) in [7, 11) is 1.85. The van der Waals surface area contributed by atoms with E-state index in [9.17, 15) is 9.18 Å². The minimum absolute atomic E-state index is 0.0128. The van der Waals surface area contributed by atoms with E-state index in [1.165, 1.54) is 12.1 Å². The van der Waals surface area contributed by atoms with Crippen LogP contribution in [0.4, 0.5) is 4.39 Å². The number of benzene rings is 1. The normalized spacial score (nSPS) is 26.5. The Labute approximate surface area is 144 Å². The third-order valence-electron chi connectivity index (χ3n) is 5.51. The Kier molecular flexibility index (Phi) is 5.21. The molecule has 0 aliphatic carbocycles. The lowest BCUT2D eigenvalue weighted by molar-refractivity contribution is -0.127. The summed E-state index contributed by atoms with van der Waals surface area (Å²) in [6.07, 6.45) is 2.74. The van der Waals surface area contributed by atoms with Crippen molar-refractivity contribution in [3.8, 4) is 0 Å². The largest absolute Gasteiger partial charge is 0.337 e. The van der Waals surface area contributed by atoms with Crippen LogP contribution in [0.15, 0.2) is 24.3 Å². The van der Waals surface area contributed by atoms with Crippen LogP contribution in [0.1, 0.15) is 44.7 Å². The molecule has 2 heterocycles. The molecule has 0 bridgehead atoms. The Morgan fingerprint density at radius 2 is 1.79 bits per heavy atom. The molecule has 1 aromatic carbocycles. The Morgan fingerprint density at radius 1 is 1.17 bits per heavy atom. The van der Waals surface area contributed by atoms with Gasteiger partial charge in [-0.3, -0.25) is 4.79 Å². The van der Waals surface area contributed by atoms with Gasteiger partial charge in [0.2, 0.25) is 5.91 Å². The smallest absolute Gasteiger partial charge is 0.224 e. The standard InChI is InChI=1S/C19H28FN3O/c1-13(2)23-10-8-16(9-11-23)21-17-12-18(24)22(3)19(17)14-4-6-15(20)7-5-14/h4-7,13,16-17,19,21H,8-12H2,1-3H3/t17-,19-/m0/s1. The summed E-state index contributed by atoms with van der Waals surface area (Å²) in [5, 5.41) is 3.72. The molecule has 0 saturated carbocycles. The van der Waals surface area contributed by atoms with Crippen LogP contribution in [-0.4, -0.2) is 54.0 Å². The predicted octanol–water partition coefficient (Wildman–Crippen LogP) is 2.56. The van der Waals surface area contributed by atoms with Gasteiger partial charge in [-0.1, -0.05) is 12.1 Å². The third-order valence-corrected chi connectivity index (χ3v) is 5.51. The predicted molar refractivity (Wildman–Crippen MR) is 93.2 cm³/mol. The molecule has 24 heavy (non-hydrogen) atoms. The molecule has 132 valence electrons. The van der Waals surface area contributed by atoms with Crippen molar-refractivity contribution in [2.75, 3.05) is 20.1 Å². The lowest BCUT2D eigenvalue weighted by Gasteiger charge is -2.37. The number of carbonyl (C=O) groups is 1. The van der Waals surface area contributed by atoms with Gasteiger partial charge in [-0.25, -0.2) is 4.39 Å². The fourth-order valence-corrected chi connectivity index (χ4v) is 4.02. The van der Waals surface area contributed by atoms with E-state index < -0.39 is 0 Å². The van der Waals surface area contributed by atoms with Crippen molar-refractivity contribution in [2.45, 2.75) is 57.3 Å². The number of hydrogen-bond donors (Lipinski definition) is 1. The van der Waals surface area contributed by atoms with Crippen molar-refractivity contribution in [2.24, 2.45) is 0 Å². The summed E-state index contributed by atoms with van der Waals surface area (Å²) in [5.74, 6) is -0.0854. The SMILES string of the molecule is CC(C)N1CCC(N[C@H]2CC(=O)N(C)[C@H]2c2ccc(F)cc2)CC1. The third kappa shape index (κ3) is 3.62. The molecule has 0 aromatic heterocycles. The first-order valence-electron chi connectivity index (χ1n) is 8.97. The zero-order chi connectivity index (χ0) is 17.3. The molecular weight excluding hydrogens is 305 g/mol. The fourth-order valence-electron chi connectivity index (χ4n) is 4.02. The zero-order valence-corrected chi connectivity index (χ0v) is 14.8. The van der Waals surface area contributed by atoms with Gasteiger partial charge in [-0.05, 0) is 57.5 Å². The van der Waals surface area contributed by atoms with E-state index in [2.05, 4.69) is 24.1 Å². The molecule has 2 saturated heterocycles. The van der Waals surface area contributed by atoms with Crippen LogP contribution in [0, 0.1) is 5.82 Å². The molecule has 2 aliphatic heterocycles. The fraction of sp³-hybridized carbons (Fsp3) is 0.632. The summed E-state index contributed by atoms with van der Waals surface area (Å²) >= 11 is 0. The first-order chi connectivity index (χ1) is 11.5. The minimum Gasteiger partial charge on any atom is -0.337 e. The Hall–Kier alpha value is -1.46. The van der Waals surface area contributed by atoms with Crippen LogP contribution in [0.3, 0.4) is 0 Å². The topological polar surface area (TPSA) is 35.6 Å². The van der Waals surface area contributed by atoms with Gasteiger partial charge in [-0.2, -0.15) is 0 Å². The molecule has 2 aliphatic rings. The van der Waals surface area contributed by atoms with Gasteiger partial charge >= 0.3 is 0 Å². The Bertz CT molecular complexity index is 566. The van der Waals surface area contributed by atoms with Crippen LogP contribution in [0.25, 0.3) is 0 Å². The van der Waals surface area contributed by atoms with E-state index in [1.807, 2.05) is 7.05 Å². The average molecular weight is 333 g/mol. The number of amides is 1. The molecule has 1 N–H and O–H groups in total. The van der Waals surface area contributed by atoms with Crippen LogP contribution in [0.5, 0.6) is 0 Å². The number of likely N-dealkylation sites (N-methyl/N-ethyl adjacent to an activating group) is 1. The van der Waals surface area contributed by atoms with Gasteiger partial charge < -0.3 is 15.1 Å². The highest BCUT2D eigenvalue weighted by molar-refractivity contribution is 5.80. The molecule has 0 radical (unpaired) electrons. The number of rotatable bonds is 4. The quantitative estimate of drug-likeness (QED) is 0.920. The maximum atomic E-state index is 13.2. The van der Waals surface area contributed by atoms with Crippen molar-refractivity contribution in [1.82, 2.24) is 15.1 Å². The second-order valence-electron chi connectivity index (χ2n) is 7.38. The van der Waals surface area contributed by atoms with Crippen LogP contribution in [0.2, 0.25) is 0 Å². The second-order valence-corrected chi connectivity index (χ2v) is 7.38. The Balaban J connectivity index is 1.67. The first-order valence-corrected chi connectivity index (χ1v) is 8.97. The summed E-state index contributed by atoms with van der Waals surface area (Å²) in [6, 6.07) is 7.68. The van der Waals surface area contributed by atoms with Crippen molar-refractivity contribution >= 4 is 5.91 Å². The summed E-state index contributed by atoms with van der Waals surface area (Å²) in [4.78, 5) is 16.5. The molecule has 0 unspecified atom stereocenters. The van der Waals surface area contributed by atoms with Crippen molar-refractivity contribution in [1.29, 1.82) is 0 Å². The highest BCUT2D eigenvalue weighted by Gasteiger charge is 2.39.